The standard InChI is InChI=1S/C15H12N2O2S2/c1-16-11-6-4-3-5-9(11)7-10(13(16)18)8-12-14(19)17(2)15(20)21-12/h3-8H,1-2H3/b12-8-. The Morgan fingerprint density at radius 2 is 1.90 bits per heavy atom. The fourth-order valence-corrected chi connectivity index (χ4v) is 3.41. The van der Waals surface area contributed by atoms with E-state index >= 15 is 0 Å². The fourth-order valence-electron chi connectivity index (χ4n) is 2.24. The number of nitrogens with zero attached hydrogens (tertiary/aromatic N) is 2. The first-order valence-electron chi connectivity index (χ1n) is 6.29. The van der Waals surface area contributed by atoms with Crippen LogP contribution in [0.5, 0.6) is 0 Å². The van der Waals surface area contributed by atoms with Crippen molar-refractivity contribution in [1.82, 2.24) is 9.47 Å². The first-order valence-corrected chi connectivity index (χ1v) is 7.52. The topological polar surface area (TPSA) is 42.3 Å². The Balaban J connectivity index is 2.18. The average Bonchev–Trinajstić information content (AvgIpc) is 2.72. The smallest absolute Gasteiger partial charge is 0.265 e. The zero-order valence-electron chi connectivity index (χ0n) is 11.5. The molecule has 21 heavy (non-hydrogen) atoms. The van der Waals surface area contributed by atoms with Crippen LogP contribution in [0, 0.1) is 0 Å². The van der Waals surface area contributed by atoms with E-state index in [9.17, 15) is 9.59 Å². The Morgan fingerprint density at radius 1 is 1.19 bits per heavy atom. The number of aryl methyl sites for hydroxylation is 1. The number of rotatable bonds is 1. The van der Waals surface area contributed by atoms with E-state index in [1.807, 2.05) is 24.3 Å². The summed E-state index contributed by atoms with van der Waals surface area (Å²) in [6, 6.07) is 9.45. The summed E-state index contributed by atoms with van der Waals surface area (Å²) < 4.78 is 2.09. The van der Waals surface area contributed by atoms with Crippen LogP contribution in [-0.2, 0) is 11.8 Å². The zero-order valence-corrected chi connectivity index (χ0v) is 13.1. The highest BCUT2D eigenvalue weighted by Crippen LogP contribution is 2.31. The quantitative estimate of drug-likeness (QED) is 0.598. The van der Waals surface area contributed by atoms with Crippen LogP contribution in [0.3, 0.4) is 0 Å². The average molecular weight is 316 g/mol. The molecular formula is C15H12N2O2S2. The van der Waals surface area contributed by atoms with Crippen LogP contribution in [0.2, 0.25) is 0 Å². The molecule has 106 valence electrons. The summed E-state index contributed by atoms with van der Waals surface area (Å²) in [4.78, 5) is 26.3. The summed E-state index contributed by atoms with van der Waals surface area (Å²) in [5, 5.41) is 0.956. The summed E-state index contributed by atoms with van der Waals surface area (Å²) in [7, 11) is 3.37. The Bertz CT molecular complexity index is 868. The van der Waals surface area contributed by atoms with Crippen molar-refractivity contribution in [3.63, 3.8) is 0 Å². The molecule has 2 aromatic rings. The predicted molar refractivity (Wildman–Crippen MR) is 90.1 cm³/mol. The van der Waals surface area contributed by atoms with Gasteiger partial charge in [-0.3, -0.25) is 14.5 Å². The molecule has 6 heteroatoms. The monoisotopic (exact) mass is 316 g/mol. The summed E-state index contributed by atoms with van der Waals surface area (Å²) >= 11 is 6.31. The third kappa shape index (κ3) is 2.30. The molecule has 1 aromatic heterocycles. The maximum absolute atomic E-state index is 12.4. The summed E-state index contributed by atoms with van der Waals surface area (Å²) in [6.45, 7) is 0. The lowest BCUT2D eigenvalue weighted by atomic mass is 10.1. The van der Waals surface area contributed by atoms with E-state index in [1.54, 1.807) is 30.8 Å². The highest BCUT2D eigenvalue weighted by Gasteiger charge is 2.28. The lowest BCUT2D eigenvalue weighted by molar-refractivity contribution is -0.121. The Morgan fingerprint density at radius 3 is 2.57 bits per heavy atom. The minimum absolute atomic E-state index is 0.130. The number of benzene rings is 1. The molecular weight excluding hydrogens is 304 g/mol. The van der Waals surface area contributed by atoms with Crippen molar-refractivity contribution in [3.05, 3.63) is 51.2 Å². The molecule has 0 aliphatic carbocycles. The Hall–Kier alpha value is -1.92. The van der Waals surface area contributed by atoms with Crippen molar-refractivity contribution in [2.45, 2.75) is 0 Å². The van der Waals surface area contributed by atoms with Gasteiger partial charge >= 0.3 is 0 Å². The van der Waals surface area contributed by atoms with E-state index in [1.165, 1.54) is 16.7 Å². The molecule has 1 amide bonds. The van der Waals surface area contributed by atoms with Gasteiger partial charge in [0, 0.05) is 19.7 Å². The maximum Gasteiger partial charge on any atom is 0.265 e. The number of pyridine rings is 1. The van der Waals surface area contributed by atoms with Crippen molar-refractivity contribution in [3.8, 4) is 0 Å². The van der Waals surface area contributed by atoms with E-state index < -0.39 is 0 Å². The third-order valence-electron chi connectivity index (χ3n) is 3.43. The third-order valence-corrected chi connectivity index (χ3v) is 4.92. The van der Waals surface area contributed by atoms with Gasteiger partial charge in [-0.05, 0) is 23.6 Å². The molecule has 0 radical (unpaired) electrons. The van der Waals surface area contributed by atoms with Gasteiger partial charge in [-0.15, -0.1) is 0 Å². The van der Waals surface area contributed by atoms with Crippen molar-refractivity contribution in [1.29, 1.82) is 0 Å². The van der Waals surface area contributed by atoms with Crippen LogP contribution in [0.4, 0.5) is 0 Å². The lowest BCUT2D eigenvalue weighted by Crippen LogP contribution is -2.23. The fraction of sp³-hybridized carbons (Fsp3) is 0.133. The van der Waals surface area contributed by atoms with E-state index in [0.29, 0.717) is 14.8 Å². The van der Waals surface area contributed by atoms with Gasteiger partial charge in [0.25, 0.3) is 11.5 Å². The number of thioether (sulfide) groups is 1. The van der Waals surface area contributed by atoms with Gasteiger partial charge in [0.15, 0.2) is 0 Å². The number of para-hydroxylation sites is 1. The molecule has 0 unspecified atom stereocenters. The Kier molecular flexibility index (Phi) is 3.43. The number of hydrogen-bond acceptors (Lipinski definition) is 4. The Labute approximate surface area is 131 Å². The van der Waals surface area contributed by atoms with E-state index in [0.717, 1.165) is 10.9 Å². The van der Waals surface area contributed by atoms with Gasteiger partial charge in [0.2, 0.25) is 0 Å². The van der Waals surface area contributed by atoms with Gasteiger partial charge in [-0.25, -0.2) is 0 Å². The predicted octanol–water partition coefficient (Wildman–Crippen LogP) is 2.37. The molecule has 4 nitrogen and oxygen atoms in total. The first kappa shape index (κ1) is 14.0. The molecule has 1 fully saturated rings. The van der Waals surface area contributed by atoms with Crippen LogP contribution in [0.1, 0.15) is 5.56 Å². The van der Waals surface area contributed by atoms with Crippen molar-refractivity contribution in [2.75, 3.05) is 7.05 Å². The highest BCUT2D eigenvalue weighted by molar-refractivity contribution is 8.26. The van der Waals surface area contributed by atoms with Crippen LogP contribution in [0.15, 0.2) is 40.0 Å². The molecule has 0 atom stereocenters. The van der Waals surface area contributed by atoms with Gasteiger partial charge in [-0.2, -0.15) is 0 Å². The SMILES string of the molecule is CN1C(=O)/C(=C/c2cc3ccccc3n(C)c2=O)SC1=S. The number of amides is 1. The number of carbonyl (C=O) groups excluding carboxylic acids is 1. The van der Waals surface area contributed by atoms with Gasteiger partial charge < -0.3 is 4.57 Å². The molecule has 0 spiro atoms. The summed E-state index contributed by atoms with van der Waals surface area (Å²) in [5.74, 6) is -0.166. The summed E-state index contributed by atoms with van der Waals surface area (Å²) in [5.41, 5.74) is 1.22. The summed E-state index contributed by atoms with van der Waals surface area (Å²) in [6.07, 6.45) is 1.62. The number of hydrogen-bond donors (Lipinski definition) is 0. The first-order chi connectivity index (χ1) is 9.99. The van der Waals surface area contributed by atoms with Crippen LogP contribution in [-0.4, -0.2) is 26.7 Å². The molecule has 1 aromatic carbocycles. The second kappa shape index (κ2) is 5.13. The minimum atomic E-state index is -0.166. The lowest BCUT2D eigenvalue weighted by Gasteiger charge is -2.06. The number of fused-ring (bicyclic) bond motifs is 1. The molecule has 0 bridgehead atoms. The van der Waals surface area contributed by atoms with Crippen LogP contribution < -0.4 is 5.56 Å². The number of carbonyl (C=O) groups is 1. The molecule has 1 aliphatic rings. The number of likely N-dealkylation sites (N-methyl/N-ethyl adjacent to an activating group) is 1. The molecule has 1 aliphatic heterocycles. The van der Waals surface area contributed by atoms with E-state index in [-0.39, 0.29) is 11.5 Å². The zero-order chi connectivity index (χ0) is 15.1. The number of aromatic nitrogens is 1. The van der Waals surface area contributed by atoms with Gasteiger partial charge in [0.05, 0.1) is 10.4 Å². The molecule has 0 saturated carbocycles. The van der Waals surface area contributed by atoms with Crippen molar-refractivity contribution < 1.29 is 4.79 Å². The molecule has 0 N–H and O–H groups in total. The van der Waals surface area contributed by atoms with Crippen molar-refractivity contribution >= 4 is 51.2 Å². The highest BCUT2D eigenvalue weighted by atomic mass is 32.2. The molecule has 3 rings (SSSR count). The van der Waals surface area contributed by atoms with E-state index in [2.05, 4.69) is 0 Å². The minimum Gasteiger partial charge on any atom is -0.311 e. The van der Waals surface area contributed by atoms with Crippen molar-refractivity contribution in [2.24, 2.45) is 7.05 Å². The van der Waals surface area contributed by atoms with Gasteiger partial charge in [0.1, 0.15) is 4.32 Å². The second-order valence-electron chi connectivity index (χ2n) is 4.76. The van der Waals surface area contributed by atoms with Gasteiger partial charge in [-0.1, -0.05) is 42.2 Å². The largest absolute Gasteiger partial charge is 0.311 e. The molecule has 2 heterocycles. The van der Waals surface area contributed by atoms with Crippen LogP contribution in [0.25, 0.3) is 17.0 Å². The second-order valence-corrected chi connectivity index (χ2v) is 6.44. The van der Waals surface area contributed by atoms with Crippen LogP contribution >= 0.6 is 24.0 Å². The van der Waals surface area contributed by atoms with E-state index in [4.69, 9.17) is 12.2 Å². The maximum atomic E-state index is 12.4. The molecule has 1 saturated heterocycles. The number of thiocarbonyl (C=S) groups is 1. The normalized spacial score (nSPS) is 17.2.